The normalized spacial score (nSPS) is 11.6. The number of aryl methyl sites for hydroxylation is 2. The van der Waals surface area contributed by atoms with Crippen LogP contribution in [-0.2, 0) is 13.0 Å². The van der Waals surface area contributed by atoms with Gasteiger partial charge in [-0.25, -0.2) is 9.97 Å². The molecule has 3 rings (SSSR count). The van der Waals surface area contributed by atoms with Gasteiger partial charge in [-0.15, -0.1) is 11.3 Å². The van der Waals surface area contributed by atoms with Crippen molar-refractivity contribution in [2.24, 2.45) is 4.99 Å². The Morgan fingerprint density at radius 2 is 2.00 bits per heavy atom. The van der Waals surface area contributed by atoms with Crippen molar-refractivity contribution in [1.29, 1.82) is 0 Å². The van der Waals surface area contributed by atoms with Gasteiger partial charge in [-0.05, 0) is 26.0 Å². The molecular formula is C19H23N5OS. The Bertz CT molecular complexity index is 866. The average molecular weight is 369 g/mol. The van der Waals surface area contributed by atoms with Crippen LogP contribution in [0.3, 0.4) is 0 Å². The first-order chi connectivity index (χ1) is 12.6. The molecule has 0 saturated heterocycles. The predicted molar refractivity (Wildman–Crippen MR) is 105 cm³/mol. The summed E-state index contributed by atoms with van der Waals surface area (Å²) >= 11 is 1.68. The lowest BCUT2D eigenvalue weighted by Gasteiger charge is -2.09. The molecular weight excluding hydrogens is 346 g/mol. The lowest BCUT2D eigenvalue weighted by Crippen LogP contribution is -2.37. The van der Waals surface area contributed by atoms with E-state index in [-0.39, 0.29) is 0 Å². The molecule has 0 spiro atoms. The van der Waals surface area contributed by atoms with E-state index in [4.69, 9.17) is 4.42 Å². The van der Waals surface area contributed by atoms with Gasteiger partial charge in [0.25, 0.3) is 0 Å². The highest BCUT2D eigenvalue weighted by Crippen LogP contribution is 2.19. The van der Waals surface area contributed by atoms with Crippen molar-refractivity contribution < 1.29 is 4.42 Å². The number of oxazole rings is 1. The summed E-state index contributed by atoms with van der Waals surface area (Å²) in [5.41, 5.74) is 3.13. The maximum absolute atomic E-state index is 5.59. The molecule has 1 aromatic carbocycles. The molecule has 3 aromatic rings. The number of rotatable bonds is 6. The van der Waals surface area contributed by atoms with Gasteiger partial charge in [-0.3, -0.25) is 4.99 Å². The highest BCUT2D eigenvalue weighted by atomic mass is 32.1. The van der Waals surface area contributed by atoms with Crippen LogP contribution in [0.5, 0.6) is 0 Å². The summed E-state index contributed by atoms with van der Waals surface area (Å²) in [6.45, 7) is 5.50. The molecule has 0 atom stereocenters. The van der Waals surface area contributed by atoms with E-state index >= 15 is 0 Å². The van der Waals surface area contributed by atoms with E-state index < -0.39 is 0 Å². The fourth-order valence-electron chi connectivity index (χ4n) is 2.42. The van der Waals surface area contributed by atoms with Gasteiger partial charge < -0.3 is 15.1 Å². The summed E-state index contributed by atoms with van der Waals surface area (Å²) in [4.78, 5) is 14.3. The van der Waals surface area contributed by atoms with E-state index in [0.29, 0.717) is 12.4 Å². The van der Waals surface area contributed by atoms with Gasteiger partial charge in [0, 0.05) is 36.7 Å². The second kappa shape index (κ2) is 8.62. The smallest absolute Gasteiger partial charge is 0.226 e. The molecule has 0 radical (unpaired) electrons. The predicted octanol–water partition coefficient (Wildman–Crippen LogP) is 3.32. The van der Waals surface area contributed by atoms with E-state index in [1.54, 1.807) is 24.6 Å². The highest BCUT2D eigenvalue weighted by Gasteiger charge is 2.07. The lowest BCUT2D eigenvalue weighted by atomic mass is 10.1. The number of hydrogen-bond donors (Lipinski definition) is 2. The van der Waals surface area contributed by atoms with Crippen LogP contribution in [0.2, 0.25) is 0 Å². The zero-order chi connectivity index (χ0) is 18.4. The Morgan fingerprint density at radius 3 is 2.69 bits per heavy atom. The van der Waals surface area contributed by atoms with Crippen LogP contribution < -0.4 is 10.6 Å². The molecule has 0 unspecified atom stereocenters. The number of hydrogen-bond acceptors (Lipinski definition) is 5. The largest absolute Gasteiger partial charge is 0.444 e. The van der Waals surface area contributed by atoms with E-state index in [1.807, 2.05) is 18.3 Å². The maximum atomic E-state index is 5.59. The minimum atomic E-state index is 0.654. The third-order valence-corrected chi connectivity index (χ3v) is 4.74. The molecule has 136 valence electrons. The number of thiazole rings is 1. The van der Waals surface area contributed by atoms with Crippen LogP contribution in [0.25, 0.3) is 11.5 Å². The number of aromatic nitrogens is 2. The summed E-state index contributed by atoms with van der Waals surface area (Å²) in [5, 5.41) is 7.60. The number of nitrogens with zero attached hydrogens (tertiary/aromatic N) is 3. The summed E-state index contributed by atoms with van der Waals surface area (Å²) in [5.74, 6) is 1.40. The van der Waals surface area contributed by atoms with Gasteiger partial charge in [0.1, 0.15) is 11.3 Å². The van der Waals surface area contributed by atoms with E-state index in [2.05, 4.69) is 51.6 Å². The fraction of sp³-hybridized carbons (Fsp3) is 0.316. The van der Waals surface area contributed by atoms with Crippen molar-refractivity contribution in [3.63, 3.8) is 0 Å². The Morgan fingerprint density at radius 1 is 1.19 bits per heavy atom. The van der Waals surface area contributed by atoms with Crippen LogP contribution in [0.1, 0.15) is 21.1 Å². The molecule has 7 heteroatoms. The summed E-state index contributed by atoms with van der Waals surface area (Å²) in [6, 6.07) is 8.16. The minimum absolute atomic E-state index is 0.654. The molecule has 6 nitrogen and oxygen atoms in total. The SMILES string of the molecule is CN=C(NCCc1coc(-c2ccc(C)cc2)n1)NCc1ncc(C)s1. The molecule has 2 heterocycles. The first kappa shape index (κ1) is 18.1. The Kier molecular flexibility index (Phi) is 6.01. The minimum Gasteiger partial charge on any atom is -0.444 e. The quantitative estimate of drug-likeness (QED) is 0.515. The molecule has 2 N–H and O–H groups in total. The van der Waals surface area contributed by atoms with Crippen molar-refractivity contribution >= 4 is 17.3 Å². The number of guanidine groups is 1. The Hall–Kier alpha value is -2.67. The molecule has 0 aliphatic heterocycles. The third-order valence-electron chi connectivity index (χ3n) is 3.82. The van der Waals surface area contributed by atoms with Gasteiger partial charge in [0.15, 0.2) is 5.96 Å². The molecule has 2 aromatic heterocycles. The van der Waals surface area contributed by atoms with Crippen molar-refractivity contribution in [2.45, 2.75) is 26.8 Å². The lowest BCUT2D eigenvalue weighted by molar-refractivity contribution is 0.572. The van der Waals surface area contributed by atoms with E-state index in [9.17, 15) is 0 Å². The van der Waals surface area contributed by atoms with Crippen molar-refractivity contribution in [2.75, 3.05) is 13.6 Å². The van der Waals surface area contributed by atoms with Crippen molar-refractivity contribution in [1.82, 2.24) is 20.6 Å². The van der Waals surface area contributed by atoms with Crippen molar-refractivity contribution in [3.8, 4) is 11.5 Å². The average Bonchev–Trinajstić information content (AvgIpc) is 3.28. The monoisotopic (exact) mass is 369 g/mol. The van der Waals surface area contributed by atoms with Gasteiger partial charge in [0.2, 0.25) is 5.89 Å². The first-order valence-electron chi connectivity index (χ1n) is 8.51. The molecule has 0 bridgehead atoms. The van der Waals surface area contributed by atoms with Gasteiger partial charge >= 0.3 is 0 Å². The highest BCUT2D eigenvalue weighted by molar-refractivity contribution is 7.11. The topological polar surface area (TPSA) is 75.3 Å². The van der Waals surface area contributed by atoms with Gasteiger partial charge in [0.05, 0.1) is 12.2 Å². The Labute approximate surface area is 157 Å². The first-order valence-corrected chi connectivity index (χ1v) is 9.33. The fourth-order valence-corrected chi connectivity index (χ4v) is 3.15. The van der Waals surface area contributed by atoms with Gasteiger partial charge in [-0.2, -0.15) is 0 Å². The van der Waals surface area contributed by atoms with E-state index in [0.717, 1.165) is 35.2 Å². The van der Waals surface area contributed by atoms with Crippen LogP contribution in [0, 0.1) is 13.8 Å². The zero-order valence-electron chi connectivity index (χ0n) is 15.2. The van der Waals surface area contributed by atoms with Crippen LogP contribution in [0.15, 0.2) is 46.1 Å². The standard InChI is InChI=1S/C19H23N5OS/c1-13-4-6-15(7-5-13)18-24-16(12-25-18)8-9-21-19(20-3)23-11-17-22-10-14(2)26-17/h4-7,10,12H,8-9,11H2,1-3H3,(H2,20,21,23). The molecule has 0 aliphatic carbocycles. The number of benzene rings is 1. The second-order valence-electron chi connectivity index (χ2n) is 5.98. The maximum Gasteiger partial charge on any atom is 0.226 e. The third kappa shape index (κ3) is 4.92. The van der Waals surface area contributed by atoms with Crippen LogP contribution in [-0.4, -0.2) is 29.5 Å². The summed E-state index contributed by atoms with van der Waals surface area (Å²) in [7, 11) is 1.76. The number of nitrogens with one attached hydrogen (secondary N) is 2. The van der Waals surface area contributed by atoms with Crippen molar-refractivity contribution in [3.05, 3.63) is 57.9 Å². The van der Waals surface area contributed by atoms with E-state index in [1.165, 1.54) is 10.4 Å². The molecule has 0 aliphatic rings. The summed E-state index contributed by atoms with van der Waals surface area (Å²) in [6.07, 6.45) is 4.35. The van der Waals surface area contributed by atoms with Crippen LogP contribution >= 0.6 is 11.3 Å². The van der Waals surface area contributed by atoms with Crippen LogP contribution in [0.4, 0.5) is 0 Å². The van der Waals surface area contributed by atoms with Gasteiger partial charge in [-0.1, -0.05) is 17.7 Å². The Balaban J connectivity index is 1.47. The second-order valence-corrected chi connectivity index (χ2v) is 7.30. The zero-order valence-corrected chi connectivity index (χ0v) is 16.1. The molecule has 0 amide bonds. The number of aliphatic imine (C=N–C) groups is 1. The molecule has 26 heavy (non-hydrogen) atoms. The summed E-state index contributed by atoms with van der Waals surface area (Å²) < 4.78 is 5.59. The molecule has 0 saturated carbocycles. The molecule has 0 fully saturated rings.